The van der Waals surface area contributed by atoms with Gasteiger partial charge in [-0.1, -0.05) is 10.8 Å². The van der Waals surface area contributed by atoms with Crippen LogP contribution < -0.4 is 5.32 Å². The summed E-state index contributed by atoms with van der Waals surface area (Å²) in [6, 6.07) is 0. The van der Waals surface area contributed by atoms with Crippen molar-refractivity contribution in [3.8, 4) is 0 Å². The zero-order valence-electron chi connectivity index (χ0n) is 7.24. The average Bonchev–Trinajstić information content (AvgIpc) is 2.03. The molecule has 0 aliphatic carbocycles. The van der Waals surface area contributed by atoms with Crippen LogP contribution in [0.4, 0.5) is 4.79 Å². The fraction of sp³-hybridized carbons (Fsp3) is 0.833. The van der Waals surface area contributed by atoms with E-state index in [0.717, 1.165) is 18.7 Å². The summed E-state index contributed by atoms with van der Waals surface area (Å²) < 4.78 is 1.20. The van der Waals surface area contributed by atoms with Gasteiger partial charge in [0.05, 0.1) is 0 Å². The van der Waals surface area contributed by atoms with Crippen molar-refractivity contribution >= 4 is 27.9 Å². The summed E-state index contributed by atoms with van der Waals surface area (Å²) in [4.78, 5) is 10.3. The van der Waals surface area contributed by atoms with Gasteiger partial charge in [0.2, 0.25) is 0 Å². The fourth-order valence-electron chi connectivity index (χ4n) is 0.456. The number of nitrogens with zero attached hydrogens (tertiary/aromatic N) is 1. The lowest BCUT2D eigenvalue weighted by atomic mass is 10.5. The van der Waals surface area contributed by atoms with E-state index in [1.807, 2.05) is 7.05 Å². The van der Waals surface area contributed by atoms with Gasteiger partial charge < -0.3 is 10.4 Å². The maximum Gasteiger partial charge on any atom is 0.417 e. The molecule has 0 aromatic rings. The second-order valence-corrected chi connectivity index (χ2v) is 4.63. The molecule has 1 amide bonds. The van der Waals surface area contributed by atoms with Crippen LogP contribution in [0.5, 0.6) is 0 Å². The highest BCUT2D eigenvalue weighted by atomic mass is 33.1. The van der Waals surface area contributed by atoms with Crippen LogP contribution in [-0.4, -0.2) is 41.9 Å². The van der Waals surface area contributed by atoms with Gasteiger partial charge in [-0.25, -0.2) is 9.10 Å². The zero-order chi connectivity index (χ0) is 9.40. The third kappa shape index (κ3) is 6.63. The van der Waals surface area contributed by atoms with Gasteiger partial charge in [-0.15, -0.1) is 0 Å². The molecule has 12 heavy (non-hydrogen) atoms. The standard InChI is InChI=1S/C6H14N2O2S2/c1-7-4-3-5-11-12-8(2)6(9)10/h7H,3-5H2,1-2H3,(H,9,10). The van der Waals surface area contributed by atoms with Crippen molar-refractivity contribution in [1.29, 1.82) is 0 Å². The molecular weight excluding hydrogens is 196 g/mol. The zero-order valence-corrected chi connectivity index (χ0v) is 8.87. The summed E-state index contributed by atoms with van der Waals surface area (Å²) in [7, 11) is 6.25. The molecular formula is C6H14N2O2S2. The normalized spacial score (nSPS) is 9.83. The molecule has 0 heterocycles. The number of carbonyl (C=O) groups is 1. The van der Waals surface area contributed by atoms with E-state index in [1.165, 1.54) is 22.3 Å². The van der Waals surface area contributed by atoms with Crippen molar-refractivity contribution in [1.82, 2.24) is 9.62 Å². The maximum atomic E-state index is 10.3. The second-order valence-electron chi connectivity index (χ2n) is 2.13. The first-order valence-electron chi connectivity index (χ1n) is 3.59. The van der Waals surface area contributed by atoms with Crippen LogP contribution in [0.25, 0.3) is 0 Å². The minimum absolute atomic E-state index is 0.902. The van der Waals surface area contributed by atoms with Gasteiger partial charge in [-0.2, -0.15) is 0 Å². The van der Waals surface area contributed by atoms with Crippen molar-refractivity contribution in [2.45, 2.75) is 6.42 Å². The lowest BCUT2D eigenvalue weighted by Gasteiger charge is -2.09. The number of carboxylic acid groups (broad SMARTS) is 1. The molecule has 6 heteroatoms. The third-order valence-corrected chi connectivity index (χ3v) is 3.52. The summed E-state index contributed by atoms with van der Waals surface area (Å²) in [5.74, 6) is 0.961. The van der Waals surface area contributed by atoms with Gasteiger partial charge in [-0.3, -0.25) is 0 Å². The summed E-state index contributed by atoms with van der Waals surface area (Å²) in [6.45, 7) is 0.977. The highest BCUT2D eigenvalue weighted by Gasteiger charge is 2.04. The van der Waals surface area contributed by atoms with E-state index in [0.29, 0.717) is 0 Å². The lowest BCUT2D eigenvalue weighted by Crippen LogP contribution is -2.15. The van der Waals surface area contributed by atoms with Crippen LogP contribution in [0.15, 0.2) is 0 Å². The van der Waals surface area contributed by atoms with Gasteiger partial charge >= 0.3 is 6.09 Å². The molecule has 0 saturated heterocycles. The SMILES string of the molecule is CNCCCSSN(C)C(=O)O. The Labute approximate surface area is 80.6 Å². The minimum atomic E-state index is -0.902. The maximum absolute atomic E-state index is 10.3. The van der Waals surface area contributed by atoms with E-state index in [-0.39, 0.29) is 0 Å². The van der Waals surface area contributed by atoms with Crippen LogP contribution in [-0.2, 0) is 0 Å². The first-order valence-corrected chi connectivity index (χ1v) is 5.87. The molecule has 0 bridgehead atoms. The lowest BCUT2D eigenvalue weighted by molar-refractivity contribution is 0.181. The predicted octanol–water partition coefficient (Wildman–Crippen LogP) is 1.50. The Morgan fingerprint density at radius 2 is 2.33 bits per heavy atom. The minimum Gasteiger partial charge on any atom is -0.464 e. The molecule has 0 unspecified atom stereocenters. The van der Waals surface area contributed by atoms with E-state index in [9.17, 15) is 4.79 Å². The molecule has 0 aliphatic rings. The van der Waals surface area contributed by atoms with Crippen molar-refractivity contribution in [2.75, 3.05) is 26.4 Å². The van der Waals surface area contributed by atoms with Crippen molar-refractivity contribution in [3.05, 3.63) is 0 Å². The average molecular weight is 210 g/mol. The Balaban J connectivity index is 3.14. The van der Waals surface area contributed by atoms with Crippen LogP contribution in [0.3, 0.4) is 0 Å². The monoisotopic (exact) mass is 210 g/mol. The van der Waals surface area contributed by atoms with E-state index in [4.69, 9.17) is 5.11 Å². The summed E-state index contributed by atoms with van der Waals surface area (Å²) >= 11 is 0. The number of nitrogens with one attached hydrogen (secondary N) is 1. The highest BCUT2D eigenvalue weighted by molar-refractivity contribution is 8.75. The molecule has 0 rings (SSSR count). The number of rotatable bonds is 6. The van der Waals surface area contributed by atoms with Gasteiger partial charge in [0, 0.05) is 23.8 Å². The summed E-state index contributed by atoms with van der Waals surface area (Å²) in [5.41, 5.74) is 0. The van der Waals surface area contributed by atoms with Gasteiger partial charge in [0.15, 0.2) is 0 Å². The molecule has 4 nitrogen and oxygen atoms in total. The molecule has 72 valence electrons. The molecule has 0 spiro atoms. The van der Waals surface area contributed by atoms with Crippen molar-refractivity contribution in [2.24, 2.45) is 0 Å². The predicted molar refractivity (Wildman–Crippen MR) is 54.4 cm³/mol. The highest BCUT2D eigenvalue weighted by Crippen LogP contribution is 2.24. The first-order chi connectivity index (χ1) is 5.68. The molecule has 0 radical (unpaired) electrons. The smallest absolute Gasteiger partial charge is 0.417 e. The number of amides is 1. The van der Waals surface area contributed by atoms with E-state index >= 15 is 0 Å². The number of hydrogen-bond donors (Lipinski definition) is 2. The Morgan fingerprint density at radius 3 is 2.83 bits per heavy atom. The molecule has 0 aromatic carbocycles. The van der Waals surface area contributed by atoms with E-state index < -0.39 is 6.09 Å². The molecule has 0 atom stereocenters. The topological polar surface area (TPSA) is 52.6 Å². The van der Waals surface area contributed by atoms with Crippen molar-refractivity contribution < 1.29 is 9.90 Å². The quantitative estimate of drug-likeness (QED) is 0.395. The van der Waals surface area contributed by atoms with Gasteiger partial charge in [0.1, 0.15) is 0 Å². The van der Waals surface area contributed by atoms with Crippen LogP contribution in [0, 0.1) is 0 Å². The molecule has 2 N–H and O–H groups in total. The van der Waals surface area contributed by atoms with Crippen LogP contribution in [0.2, 0.25) is 0 Å². The fourth-order valence-corrected chi connectivity index (χ4v) is 2.26. The number of hydrogen-bond acceptors (Lipinski definition) is 4. The van der Waals surface area contributed by atoms with E-state index in [2.05, 4.69) is 5.32 Å². The van der Waals surface area contributed by atoms with E-state index in [1.54, 1.807) is 10.8 Å². The van der Waals surface area contributed by atoms with Crippen molar-refractivity contribution in [3.63, 3.8) is 0 Å². The summed E-state index contributed by atoms with van der Waals surface area (Å²) in [5, 5.41) is 11.5. The van der Waals surface area contributed by atoms with Gasteiger partial charge in [-0.05, 0) is 20.0 Å². The molecule has 0 saturated carbocycles. The summed E-state index contributed by atoms with van der Waals surface area (Å²) in [6.07, 6.45) is 0.155. The Bertz CT molecular complexity index is 135. The largest absolute Gasteiger partial charge is 0.464 e. The Kier molecular flexibility index (Phi) is 7.53. The first kappa shape index (κ1) is 11.9. The molecule has 0 aromatic heterocycles. The molecule has 0 fully saturated rings. The Morgan fingerprint density at radius 1 is 1.67 bits per heavy atom. The molecule has 0 aliphatic heterocycles. The van der Waals surface area contributed by atoms with Gasteiger partial charge in [0.25, 0.3) is 0 Å². The second kappa shape index (κ2) is 7.57. The Hall–Kier alpha value is -0.0700. The van der Waals surface area contributed by atoms with Crippen LogP contribution in [0.1, 0.15) is 6.42 Å². The third-order valence-electron chi connectivity index (χ3n) is 1.09. The van der Waals surface area contributed by atoms with Crippen LogP contribution >= 0.6 is 21.8 Å².